The summed E-state index contributed by atoms with van der Waals surface area (Å²) in [4.78, 5) is 14.5. The van der Waals surface area contributed by atoms with E-state index in [0.29, 0.717) is 5.75 Å². The third-order valence-corrected chi connectivity index (χ3v) is 6.83. The lowest BCUT2D eigenvalue weighted by molar-refractivity contribution is -0.385. The Hall–Kier alpha value is -3.57. The number of nitro groups is 1. The molecule has 4 rings (SSSR count). The highest BCUT2D eigenvalue weighted by Crippen LogP contribution is 2.36. The number of nitrogens with zero attached hydrogens (tertiary/aromatic N) is 1. The van der Waals surface area contributed by atoms with Gasteiger partial charge in [-0.15, -0.1) is 0 Å². The molecule has 0 saturated carbocycles. The maximum Gasteiger partial charge on any atom is 0.311 e. The van der Waals surface area contributed by atoms with Gasteiger partial charge in [0.05, 0.1) is 15.8 Å². The molecule has 0 N–H and O–H groups in total. The topological polar surface area (TPSA) is 52.4 Å². The number of aryl methyl sites for hydroxylation is 1. The summed E-state index contributed by atoms with van der Waals surface area (Å²) in [5.41, 5.74) is 0.879. The summed E-state index contributed by atoms with van der Waals surface area (Å²) in [6.07, 6.45) is 0. The monoisotopic (exact) mass is 414 g/mol. The van der Waals surface area contributed by atoms with Crippen molar-refractivity contribution in [3.63, 3.8) is 0 Å². The van der Waals surface area contributed by atoms with Crippen LogP contribution in [0.2, 0.25) is 0 Å². The molecule has 0 aliphatic carbocycles. The van der Waals surface area contributed by atoms with Crippen LogP contribution >= 0.6 is 0 Å². The second kappa shape index (κ2) is 8.84. The third kappa shape index (κ3) is 4.21. The summed E-state index contributed by atoms with van der Waals surface area (Å²) in [6, 6.07) is 33.3. The fraction of sp³-hybridized carbons (Fsp3) is 0.0400. The zero-order chi connectivity index (χ0) is 20.9. The molecule has 0 atom stereocenters. The van der Waals surface area contributed by atoms with Crippen LogP contribution in [0, 0.1) is 17.0 Å². The minimum Gasteiger partial charge on any atom is -0.450 e. The Balaban J connectivity index is 1.72. The average Bonchev–Trinajstić information content (AvgIpc) is 2.77. The predicted molar refractivity (Wildman–Crippen MR) is 119 cm³/mol. The van der Waals surface area contributed by atoms with Crippen LogP contribution in [-0.4, -0.2) is 4.92 Å². The molecule has 0 bridgehead atoms. The predicted octanol–water partition coefficient (Wildman–Crippen LogP) is 6.79. The minimum absolute atomic E-state index is 0.0469. The molecule has 0 spiro atoms. The maximum atomic E-state index is 11.3. The van der Waals surface area contributed by atoms with Crippen molar-refractivity contribution in [2.75, 3.05) is 0 Å². The summed E-state index contributed by atoms with van der Waals surface area (Å²) in [6.45, 7) is 1.96. The Kier molecular flexibility index (Phi) is 5.82. The number of nitro benzene ring substituents is 1. The van der Waals surface area contributed by atoms with Crippen LogP contribution in [0.25, 0.3) is 0 Å². The molecule has 0 amide bonds. The fourth-order valence-corrected chi connectivity index (χ4v) is 5.37. The third-order valence-electron chi connectivity index (χ3n) is 4.62. The van der Waals surface area contributed by atoms with Crippen molar-refractivity contribution in [1.82, 2.24) is 0 Å². The summed E-state index contributed by atoms with van der Waals surface area (Å²) < 4.78 is 5.91. The molecule has 5 heteroatoms. The molecule has 30 heavy (non-hydrogen) atoms. The van der Waals surface area contributed by atoms with E-state index in [0.717, 1.165) is 5.56 Å². The first kappa shape index (κ1) is 19.7. The van der Waals surface area contributed by atoms with Crippen molar-refractivity contribution >= 4 is 16.6 Å². The van der Waals surface area contributed by atoms with Gasteiger partial charge in [-0.3, -0.25) is 10.1 Å². The number of hydrogen-bond acceptors (Lipinski definition) is 3. The van der Waals surface area contributed by atoms with Crippen LogP contribution in [0.1, 0.15) is 5.56 Å². The highest BCUT2D eigenvalue weighted by Gasteiger charge is 2.29. The van der Waals surface area contributed by atoms with E-state index >= 15 is 0 Å². The maximum absolute atomic E-state index is 11.3. The Bertz CT molecular complexity index is 1120. The summed E-state index contributed by atoms with van der Waals surface area (Å²) in [5, 5.41) is 11.3. The van der Waals surface area contributed by atoms with Crippen molar-refractivity contribution in [2.24, 2.45) is 0 Å². The molecular weight excluding hydrogens is 394 g/mol. The van der Waals surface area contributed by atoms with Gasteiger partial charge in [-0.05, 0) is 55.0 Å². The molecule has 148 valence electrons. The fourth-order valence-electron chi connectivity index (χ4n) is 3.20. The Labute approximate surface area is 178 Å². The van der Waals surface area contributed by atoms with Gasteiger partial charge in [-0.1, -0.05) is 48.5 Å². The Morgan fingerprint density at radius 2 is 1.27 bits per heavy atom. The van der Waals surface area contributed by atoms with Gasteiger partial charge in [0.25, 0.3) is 0 Å². The summed E-state index contributed by atoms with van der Waals surface area (Å²) in [5.74, 6) is 0.848. The van der Waals surface area contributed by atoms with E-state index in [1.165, 1.54) is 20.8 Å². The van der Waals surface area contributed by atoms with E-state index in [2.05, 4.69) is 54.6 Å². The molecule has 0 saturated heterocycles. The van der Waals surface area contributed by atoms with E-state index in [9.17, 15) is 10.1 Å². The molecule has 0 aliphatic heterocycles. The van der Waals surface area contributed by atoms with Crippen molar-refractivity contribution in [3.05, 3.63) is 119 Å². The van der Waals surface area contributed by atoms with Gasteiger partial charge >= 0.3 is 5.69 Å². The van der Waals surface area contributed by atoms with Crippen molar-refractivity contribution in [2.45, 2.75) is 21.6 Å². The molecule has 4 aromatic carbocycles. The van der Waals surface area contributed by atoms with Crippen LogP contribution in [0.4, 0.5) is 5.69 Å². The van der Waals surface area contributed by atoms with Crippen molar-refractivity contribution in [3.8, 4) is 11.5 Å². The van der Waals surface area contributed by atoms with Gasteiger partial charge in [-0.25, -0.2) is 0 Å². The van der Waals surface area contributed by atoms with E-state index in [1.54, 1.807) is 18.2 Å². The standard InChI is InChI=1S/C25H20NO3S/c1-19-18-22(16-17-24(19)29-25-15-9-8-14-23(25)26(27)28)30(20-10-4-2-5-11-20)21-12-6-3-7-13-21/h2-18H,1H3/q+1. The Morgan fingerprint density at radius 1 is 0.700 bits per heavy atom. The van der Waals surface area contributed by atoms with Gasteiger partial charge in [0.1, 0.15) is 5.75 Å². The largest absolute Gasteiger partial charge is 0.450 e. The minimum atomic E-state index is -0.429. The average molecular weight is 415 g/mol. The lowest BCUT2D eigenvalue weighted by atomic mass is 10.2. The highest BCUT2D eigenvalue weighted by atomic mass is 32.2. The molecule has 0 fully saturated rings. The quantitative estimate of drug-likeness (QED) is 0.198. The van der Waals surface area contributed by atoms with Crippen LogP contribution in [-0.2, 0) is 10.9 Å². The van der Waals surface area contributed by atoms with Crippen molar-refractivity contribution < 1.29 is 9.66 Å². The number of rotatable bonds is 6. The van der Waals surface area contributed by atoms with E-state index in [1.807, 2.05) is 31.2 Å². The van der Waals surface area contributed by atoms with E-state index < -0.39 is 4.92 Å². The lowest BCUT2D eigenvalue weighted by Gasteiger charge is -2.12. The number of hydrogen-bond donors (Lipinski definition) is 0. The summed E-state index contributed by atoms with van der Waals surface area (Å²) in [7, 11) is -0.255. The molecule has 0 unspecified atom stereocenters. The molecule has 0 aromatic heterocycles. The number of ether oxygens (including phenoxy) is 1. The molecule has 4 aromatic rings. The molecular formula is C25H20NO3S+. The Morgan fingerprint density at radius 3 is 1.83 bits per heavy atom. The van der Waals surface area contributed by atoms with Gasteiger partial charge in [0, 0.05) is 12.1 Å². The molecule has 0 heterocycles. The van der Waals surface area contributed by atoms with Gasteiger partial charge in [0.2, 0.25) is 5.75 Å². The van der Waals surface area contributed by atoms with Crippen LogP contribution in [0.5, 0.6) is 11.5 Å². The van der Waals surface area contributed by atoms with Gasteiger partial charge in [0.15, 0.2) is 14.7 Å². The van der Waals surface area contributed by atoms with Crippen LogP contribution < -0.4 is 4.74 Å². The molecule has 0 aliphatic rings. The van der Waals surface area contributed by atoms with Crippen molar-refractivity contribution in [1.29, 1.82) is 0 Å². The second-order valence-corrected chi connectivity index (χ2v) is 8.71. The highest BCUT2D eigenvalue weighted by molar-refractivity contribution is 7.97. The van der Waals surface area contributed by atoms with Gasteiger partial charge in [-0.2, -0.15) is 0 Å². The zero-order valence-corrected chi connectivity index (χ0v) is 17.2. The normalized spacial score (nSPS) is 10.7. The first-order valence-corrected chi connectivity index (χ1v) is 10.7. The van der Waals surface area contributed by atoms with E-state index in [-0.39, 0.29) is 22.3 Å². The smallest absolute Gasteiger partial charge is 0.311 e. The second-order valence-electron chi connectivity index (χ2n) is 6.69. The lowest BCUT2D eigenvalue weighted by Crippen LogP contribution is -2.05. The first-order valence-electron chi connectivity index (χ1n) is 9.50. The van der Waals surface area contributed by atoms with E-state index in [4.69, 9.17) is 4.74 Å². The molecule has 4 nitrogen and oxygen atoms in total. The SMILES string of the molecule is Cc1cc([S+](c2ccccc2)c2ccccc2)ccc1Oc1ccccc1[N+](=O)[O-]. The van der Waals surface area contributed by atoms with Crippen LogP contribution in [0.3, 0.4) is 0 Å². The molecule has 0 radical (unpaired) electrons. The van der Waals surface area contributed by atoms with Gasteiger partial charge < -0.3 is 4.74 Å². The zero-order valence-electron chi connectivity index (χ0n) is 16.4. The first-order chi connectivity index (χ1) is 14.6. The number of para-hydroxylation sites is 2. The number of benzene rings is 4. The van der Waals surface area contributed by atoms with Crippen LogP contribution in [0.15, 0.2) is 118 Å². The summed E-state index contributed by atoms with van der Waals surface area (Å²) >= 11 is 0.